The molecular formula is C9H5FN2O4. The average molecular weight is 224 g/mol. The number of nitro benzene ring substituents is 1. The van der Waals surface area contributed by atoms with E-state index in [1.54, 1.807) is 0 Å². The van der Waals surface area contributed by atoms with Crippen LogP contribution in [0.3, 0.4) is 0 Å². The second kappa shape index (κ2) is 3.37. The Morgan fingerprint density at radius 1 is 1.38 bits per heavy atom. The molecule has 6 nitrogen and oxygen atoms in total. The molecule has 0 saturated carbocycles. The van der Waals surface area contributed by atoms with Crippen LogP contribution in [0, 0.1) is 10.1 Å². The van der Waals surface area contributed by atoms with Gasteiger partial charge in [-0.1, -0.05) is 0 Å². The zero-order valence-electron chi connectivity index (χ0n) is 7.84. The van der Waals surface area contributed by atoms with Gasteiger partial charge in [0.2, 0.25) is 0 Å². The van der Waals surface area contributed by atoms with Crippen molar-refractivity contribution < 1.29 is 18.9 Å². The number of benzene rings is 1. The normalized spacial score (nSPS) is 14.2. The molecule has 0 N–H and O–H groups in total. The van der Waals surface area contributed by atoms with E-state index < -0.39 is 23.4 Å². The van der Waals surface area contributed by atoms with Crippen LogP contribution in [0.2, 0.25) is 0 Å². The van der Waals surface area contributed by atoms with Gasteiger partial charge in [-0.3, -0.25) is 24.6 Å². The summed E-state index contributed by atoms with van der Waals surface area (Å²) >= 11 is 0. The van der Waals surface area contributed by atoms with Gasteiger partial charge in [0, 0.05) is 12.1 Å². The lowest BCUT2D eigenvalue weighted by Crippen LogP contribution is -2.28. The summed E-state index contributed by atoms with van der Waals surface area (Å²) in [6, 6.07) is 3.29. The first kappa shape index (κ1) is 10.2. The van der Waals surface area contributed by atoms with Crippen molar-refractivity contribution in [3.8, 4) is 0 Å². The fraction of sp³-hybridized carbons (Fsp3) is 0.111. The van der Waals surface area contributed by atoms with E-state index >= 15 is 0 Å². The maximum absolute atomic E-state index is 12.5. The minimum absolute atomic E-state index is 0.0723. The molecule has 16 heavy (non-hydrogen) atoms. The summed E-state index contributed by atoms with van der Waals surface area (Å²) < 4.78 is 12.5. The summed E-state index contributed by atoms with van der Waals surface area (Å²) in [5.74, 6) is -1.92. The molecule has 2 rings (SSSR count). The molecule has 82 valence electrons. The third-order valence-electron chi connectivity index (χ3n) is 2.29. The monoisotopic (exact) mass is 224 g/mol. The van der Waals surface area contributed by atoms with Crippen molar-refractivity contribution in [3.05, 3.63) is 33.9 Å². The molecule has 1 aromatic carbocycles. The van der Waals surface area contributed by atoms with Crippen molar-refractivity contribution in [2.75, 3.05) is 11.7 Å². The number of hydrogen-bond acceptors (Lipinski definition) is 4. The SMILES string of the molecule is O=C1C(=O)N(CF)c2ccc([N+](=O)[O-])cc21. The van der Waals surface area contributed by atoms with Crippen LogP contribution in [-0.4, -0.2) is 23.4 Å². The van der Waals surface area contributed by atoms with E-state index in [0.717, 1.165) is 12.1 Å². The van der Waals surface area contributed by atoms with Gasteiger partial charge in [-0.2, -0.15) is 0 Å². The Balaban J connectivity index is 2.58. The predicted molar refractivity (Wildman–Crippen MR) is 50.9 cm³/mol. The number of non-ortho nitro benzene ring substituents is 1. The number of hydrogen-bond donors (Lipinski definition) is 0. The standard InChI is InChI=1S/C9H5FN2O4/c10-4-11-7-2-1-5(12(15)16)3-6(7)8(13)9(11)14/h1-3H,4H2. The number of carbonyl (C=O) groups is 2. The average Bonchev–Trinajstić information content (AvgIpc) is 2.51. The largest absolute Gasteiger partial charge is 0.301 e. The second-order valence-corrected chi connectivity index (χ2v) is 3.14. The van der Waals surface area contributed by atoms with E-state index in [4.69, 9.17) is 0 Å². The molecule has 0 aromatic heterocycles. The van der Waals surface area contributed by atoms with E-state index in [1.165, 1.54) is 6.07 Å². The van der Waals surface area contributed by atoms with Crippen molar-refractivity contribution >= 4 is 23.1 Å². The van der Waals surface area contributed by atoms with Gasteiger partial charge in [0.1, 0.15) is 0 Å². The molecule has 1 aliphatic heterocycles. The predicted octanol–water partition coefficient (Wildman–Crippen LogP) is 1.05. The maximum Gasteiger partial charge on any atom is 0.301 e. The highest BCUT2D eigenvalue weighted by molar-refractivity contribution is 6.52. The summed E-state index contributed by atoms with van der Waals surface area (Å²) in [7, 11) is 0. The van der Waals surface area contributed by atoms with Crippen molar-refractivity contribution in [2.24, 2.45) is 0 Å². The number of ketones is 1. The summed E-state index contributed by atoms with van der Waals surface area (Å²) in [5.41, 5.74) is -0.361. The fourth-order valence-corrected chi connectivity index (χ4v) is 1.52. The van der Waals surface area contributed by atoms with E-state index in [2.05, 4.69) is 0 Å². The molecule has 0 bridgehead atoms. The summed E-state index contributed by atoms with van der Waals surface area (Å²) in [6.45, 7) is -1.13. The fourth-order valence-electron chi connectivity index (χ4n) is 1.52. The van der Waals surface area contributed by atoms with E-state index in [9.17, 15) is 24.1 Å². The molecule has 0 atom stereocenters. The van der Waals surface area contributed by atoms with Crippen LogP contribution in [0.15, 0.2) is 18.2 Å². The van der Waals surface area contributed by atoms with Crippen molar-refractivity contribution in [1.82, 2.24) is 0 Å². The Hall–Kier alpha value is -2.31. The molecule has 0 aliphatic carbocycles. The molecule has 7 heteroatoms. The van der Waals surface area contributed by atoms with Crippen LogP contribution in [0.25, 0.3) is 0 Å². The highest BCUT2D eigenvalue weighted by Crippen LogP contribution is 2.31. The molecule has 1 heterocycles. The molecule has 1 aromatic rings. The van der Waals surface area contributed by atoms with E-state index in [-0.39, 0.29) is 16.9 Å². The Bertz CT molecular complexity index is 514. The van der Waals surface area contributed by atoms with Gasteiger partial charge in [-0.25, -0.2) is 4.39 Å². The number of nitro groups is 1. The summed E-state index contributed by atoms with van der Waals surface area (Å²) in [6.07, 6.45) is 0. The van der Waals surface area contributed by atoms with Crippen molar-refractivity contribution in [1.29, 1.82) is 0 Å². The zero-order valence-corrected chi connectivity index (χ0v) is 7.84. The first-order valence-corrected chi connectivity index (χ1v) is 4.27. The number of alkyl halides is 1. The second-order valence-electron chi connectivity index (χ2n) is 3.14. The maximum atomic E-state index is 12.5. The van der Waals surface area contributed by atoms with Gasteiger partial charge in [-0.05, 0) is 6.07 Å². The lowest BCUT2D eigenvalue weighted by Gasteiger charge is -2.09. The highest BCUT2D eigenvalue weighted by Gasteiger charge is 2.36. The number of carbonyl (C=O) groups excluding carboxylic acids is 2. The Morgan fingerprint density at radius 2 is 2.06 bits per heavy atom. The molecule has 1 aliphatic rings. The number of nitrogens with zero attached hydrogens (tertiary/aromatic N) is 2. The van der Waals surface area contributed by atoms with Crippen LogP contribution in [0.4, 0.5) is 15.8 Å². The van der Waals surface area contributed by atoms with Gasteiger partial charge in [0.25, 0.3) is 11.5 Å². The number of Topliss-reactive ketones (excluding diaryl/α,β-unsaturated/α-hetero) is 1. The number of halogens is 1. The number of fused-ring (bicyclic) bond motifs is 1. The third-order valence-corrected chi connectivity index (χ3v) is 2.29. The van der Waals surface area contributed by atoms with Gasteiger partial charge >= 0.3 is 5.91 Å². The topological polar surface area (TPSA) is 80.5 Å². The first-order chi connectivity index (χ1) is 7.56. The lowest BCUT2D eigenvalue weighted by molar-refractivity contribution is -0.384. The van der Waals surface area contributed by atoms with Gasteiger partial charge in [-0.15, -0.1) is 0 Å². The lowest BCUT2D eigenvalue weighted by atomic mass is 10.1. The van der Waals surface area contributed by atoms with Crippen LogP contribution in [-0.2, 0) is 4.79 Å². The first-order valence-electron chi connectivity index (χ1n) is 4.27. The van der Waals surface area contributed by atoms with Gasteiger partial charge in [0.15, 0.2) is 6.80 Å². The van der Waals surface area contributed by atoms with Gasteiger partial charge in [0.05, 0.1) is 16.2 Å². The van der Waals surface area contributed by atoms with Crippen LogP contribution >= 0.6 is 0 Å². The summed E-state index contributed by atoms with van der Waals surface area (Å²) in [5, 5.41) is 10.5. The van der Waals surface area contributed by atoms with Crippen LogP contribution in [0.1, 0.15) is 10.4 Å². The van der Waals surface area contributed by atoms with Gasteiger partial charge < -0.3 is 0 Å². The van der Waals surface area contributed by atoms with Crippen LogP contribution < -0.4 is 4.90 Å². The third kappa shape index (κ3) is 1.25. The Kier molecular flexibility index (Phi) is 2.15. The molecule has 0 radical (unpaired) electrons. The molecule has 0 spiro atoms. The smallest absolute Gasteiger partial charge is 0.283 e. The molecule has 0 saturated heterocycles. The number of anilines is 1. The molecule has 0 fully saturated rings. The minimum atomic E-state index is -1.13. The molecular weight excluding hydrogens is 219 g/mol. The quantitative estimate of drug-likeness (QED) is 0.325. The number of rotatable bonds is 2. The van der Waals surface area contributed by atoms with Crippen molar-refractivity contribution in [3.63, 3.8) is 0 Å². The molecule has 0 unspecified atom stereocenters. The minimum Gasteiger partial charge on any atom is -0.283 e. The van der Waals surface area contributed by atoms with Crippen molar-refractivity contribution in [2.45, 2.75) is 0 Å². The highest BCUT2D eigenvalue weighted by atomic mass is 19.1. The Labute approximate surface area is 88.4 Å². The molecule has 1 amide bonds. The summed E-state index contributed by atoms with van der Waals surface area (Å²) in [4.78, 5) is 33.0. The number of amides is 1. The zero-order chi connectivity index (χ0) is 11.9. The van der Waals surface area contributed by atoms with E-state index in [1.807, 2.05) is 0 Å². The Morgan fingerprint density at radius 3 is 2.62 bits per heavy atom. The van der Waals surface area contributed by atoms with E-state index in [0.29, 0.717) is 4.90 Å². The van der Waals surface area contributed by atoms with Crippen LogP contribution in [0.5, 0.6) is 0 Å².